The van der Waals surface area contributed by atoms with Crippen LogP contribution in [0.25, 0.3) is 0 Å². The number of Topliss-reactive ketones (excluding diaryl/α,β-unsaturated/α-hetero) is 1. The van der Waals surface area contributed by atoms with Crippen LogP contribution in [0, 0.1) is 0 Å². The Morgan fingerprint density at radius 1 is 0.815 bits per heavy atom. The van der Waals surface area contributed by atoms with Gasteiger partial charge in [-0.05, 0) is 17.2 Å². The van der Waals surface area contributed by atoms with E-state index in [0.717, 1.165) is 11.1 Å². The standard InChI is InChI=1S/C23H20ClNO2/c24-20-14-8-7-13-19(20)21(16-22(26)18-11-5-2-6-12-18)25-23(27)15-17-9-3-1-4-10-17/h1-14,21H,15-16H2,(H,25,27). The summed E-state index contributed by atoms with van der Waals surface area (Å²) in [6.45, 7) is 0. The van der Waals surface area contributed by atoms with Crippen LogP contribution in [0.4, 0.5) is 0 Å². The van der Waals surface area contributed by atoms with Crippen molar-refractivity contribution in [2.24, 2.45) is 0 Å². The number of rotatable bonds is 7. The summed E-state index contributed by atoms with van der Waals surface area (Å²) < 4.78 is 0. The predicted octanol–water partition coefficient (Wildman–Crippen LogP) is 5.01. The Balaban J connectivity index is 1.79. The molecule has 0 aliphatic heterocycles. The summed E-state index contributed by atoms with van der Waals surface area (Å²) in [6.07, 6.45) is 0.398. The molecule has 4 heteroatoms. The zero-order valence-corrected chi connectivity index (χ0v) is 15.5. The van der Waals surface area contributed by atoms with Crippen molar-refractivity contribution in [3.8, 4) is 0 Å². The van der Waals surface area contributed by atoms with E-state index in [1.54, 1.807) is 18.2 Å². The van der Waals surface area contributed by atoms with Gasteiger partial charge in [0.25, 0.3) is 0 Å². The van der Waals surface area contributed by atoms with E-state index in [2.05, 4.69) is 5.32 Å². The van der Waals surface area contributed by atoms with E-state index in [-0.39, 0.29) is 24.5 Å². The molecule has 27 heavy (non-hydrogen) atoms. The van der Waals surface area contributed by atoms with Crippen molar-refractivity contribution in [2.75, 3.05) is 0 Å². The van der Waals surface area contributed by atoms with E-state index in [9.17, 15) is 9.59 Å². The van der Waals surface area contributed by atoms with Crippen molar-refractivity contribution in [1.29, 1.82) is 0 Å². The lowest BCUT2D eigenvalue weighted by atomic mass is 9.97. The Hall–Kier alpha value is -2.91. The Morgan fingerprint density at radius 3 is 2.07 bits per heavy atom. The van der Waals surface area contributed by atoms with Gasteiger partial charge in [-0.25, -0.2) is 0 Å². The maximum atomic E-state index is 12.7. The van der Waals surface area contributed by atoms with Gasteiger partial charge >= 0.3 is 0 Å². The highest BCUT2D eigenvalue weighted by Gasteiger charge is 2.21. The fourth-order valence-corrected chi connectivity index (χ4v) is 3.22. The Bertz CT molecular complexity index is 910. The van der Waals surface area contributed by atoms with E-state index < -0.39 is 6.04 Å². The van der Waals surface area contributed by atoms with E-state index in [1.165, 1.54) is 0 Å². The van der Waals surface area contributed by atoms with E-state index in [4.69, 9.17) is 11.6 Å². The van der Waals surface area contributed by atoms with Gasteiger partial charge in [0.2, 0.25) is 5.91 Å². The molecule has 3 rings (SSSR count). The summed E-state index contributed by atoms with van der Waals surface area (Å²) in [6, 6.07) is 25.4. The van der Waals surface area contributed by atoms with Gasteiger partial charge in [0.05, 0.1) is 12.5 Å². The van der Waals surface area contributed by atoms with Crippen LogP contribution in [-0.4, -0.2) is 11.7 Å². The molecule has 1 amide bonds. The largest absolute Gasteiger partial charge is 0.348 e. The molecular formula is C23H20ClNO2. The second-order valence-corrected chi connectivity index (χ2v) is 6.70. The molecule has 0 aliphatic rings. The highest BCUT2D eigenvalue weighted by molar-refractivity contribution is 6.31. The number of hydrogen-bond acceptors (Lipinski definition) is 2. The minimum atomic E-state index is -0.484. The first-order valence-corrected chi connectivity index (χ1v) is 9.17. The van der Waals surface area contributed by atoms with Crippen LogP contribution in [0.3, 0.4) is 0 Å². The highest BCUT2D eigenvalue weighted by Crippen LogP contribution is 2.26. The number of amides is 1. The van der Waals surface area contributed by atoms with Crippen LogP contribution >= 0.6 is 11.6 Å². The highest BCUT2D eigenvalue weighted by atomic mass is 35.5. The summed E-state index contributed by atoms with van der Waals surface area (Å²) >= 11 is 6.33. The Labute approximate surface area is 164 Å². The number of carbonyl (C=O) groups excluding carboxylic acids is 2. The minimum absolute atomic E-state index is 0.0412. The van der Waals surface area contributed by atoms with Gasteiger partial charge in [-0.2, -0.15) is 0 Å². The first kappa shape index (κ1) is 18.9. The number of benzene rings is 3. The predicted molar refractivity (Wildman–Crippen MR) is 108 cm³/mol. The van der Waals surface area contributed by atoms with Crippen molar-refractivity contribution in [3.63, 3.8) is 0 Å². The van der Waals surface area contributed by atoms with Gasteiger partial charge in [-0.1, -0.05) is 90.5 Å². The number of hydrogen-bond donors (Lipinski definition) is 1. The summed E-state index contributed by atoms with van der Waals surface area (Å²) in [5.41, 5.74) is 2.28. The topological polar surface area (TPSA) is 46.2 Å². The number of carbonyl (C=O) groups is 2. The zero-order chi connectivity index (χ0) is 19.1. The molecule has 0 saturated carbocycles. The quantitative estimate of drug-likeness (QED) is 0.588. The molecule has 0 saturated heterocycles. The Kier molecular flexibility index (Phi) is 6.39. The molecule has 0 radical (unpaired) electrons. The average molecular weight is 378 g/mol. The SMILES string of the molecule is O=C(Cc1ccccc1)NC(CC(=O)c1ccccc1)c1ccccc1Cl. The van der Waals surface area contributed by atoms with Crippen LogP contribution in [0.5, 0.6) is 0 Å². The van der Waals surface area contributed by atoms with Crippen molar-refractivity contribution < 1.29 is 9.59 Å². The second kappa shape index (κ2) is 9.15. The van der Waals surface area contributed by atoms with Gasteiger partial charge in [0.1, 0.15) is 0 Å². The third-order valence-electron chi connectivity index (χ3n) is 4.31. The fourth-order valence-electron chi connectivity index (χ4n) is 2.95. The number of nitrogens with one attached hydrogen (secondary N) is 1. The van der Waals surface area contributed by atoms with E-state index >= 15 is 0 Å². The molecule has 0 heterocycles. The normalized spacial score (nSPS) is 11.6. The molecule has 0 aromatic heterocycles. The first-order chi connectivity index (χ1) is 13.1. The smallest absolute Gasteiger partial charge is 0.224 e. The fraction of sp³-hybridized carbons (Fsp3) is 0.130. The molecule has 3 nitrogen and oxygen atoms in total. The van der Waals surface area contributed by atoms with Crippen molar-refractivity contribution in [2.45, 2.75) is 18.9 Å². The monoisotopic (exact) mass is 377 g/mol. The molecule has 0 fully saturated rings. The number of halogens is 1. The lowest BCUT2D eigenvalue weighted by molar-refractivity contribution is -0.121. The molecule has 0 spiro atoms. The summed E-state index contributed by atoms with van der Waals surface area (Å²) in [5.74, 6) is -0.187. The molecule has 1 unspecified atom stereocenters. The zero-order valence-electron chi connectivity index (χ0n) is 14.8. The molecular weight excluding hydrogens is 358 g/mol. The van der Waals surface area contributed by atoms with Crippen LogP contribution in [0.1, 0.15) is 33.9 Å². The van der Waals surface area contributed by atoms with Gasteiger partial charge in [0.15, 0.2) is 5.78 Å². The minimum Gasteiger partial charge on any atom is -0.348 e. The van der Waals surface area contributed by atoms with Gasteiger partial charge < -0.3 is 5.32 Å². The summed E-state index contributed by atoms with van der Waals surface area (Å²) in [5, 5.41) is 3.51. The van der Waals surface area contributed by atoms with Crippen molar-refractivity contribution >= 4 is 23.3 Å². The average Bonchev–Trinajstić information content (AvgIpc) is 2.69. The van der Waals surface area contributed by atoms with Gasteiger partial charge in [-0.3, -0.25) is 9.59 Å². The van der Waals surface area contributed by atoms with Gasteiger partial charge in [0, 0.05) is 17.0 Å². The van der Waals surface area contributed by atoms with Crippen LogP contribution in [0.15, 0.2) is 84.9 Å². The molecule has 1 N–H and O–H groups in total. The van der Waals surface area contributed by atoms with Crippen LogP contribution in [-0.2, 0) is 11.2 Å². The summed E-state index contributed by atoms with van der Waals surface area (Å²) in [4.78, 5) is 25.2. The molecule has 3 aromatic carbocycles. The molecule has 1 atom stereocenters. The van der Waals surface area contributed by atoms with Gasteiger partial charge in [-0.15, -0.1) is 0 Å². The molecule has 136 valence electrons. The third kappa shape index (κ3) is 5.28. The van der Waals surface area contributed by atoms with E-state index in [0.29, 0.717) is 10.6 Å². The Morgan fingerprint density at radius 2 is 1.41 bits per heavy atom. The molecule has 3 aromatic rings. The maximum absolute atomic E-state index is 12.7. The lowest BCUT2D eigenvalue weighted by Crippen LogP contribution is -2.31. The third-order valence-corrected chi connectivity index (χ3v) is 4.65. The molecule has 0 aliphatic carbocycles. The molecule has 0 bridgehead atoms. The van der Waals surface area contributed by atoms with Crippen LogP contribution < -0.4 is 5.32 Å². The van der Waals surface area contributed by atoms with Crippen molar-refractivity contribution in [1.82, 2.24) is 5.32 Å². The second-order valence-electron chi connectivity index (χ2n) is 6.30. The summed E-state index contributed by atoms with van der Waals surface area (Å²) in [7, 11) is 0. The van der Waals surface area contributed by atoms with Crippen molar-refractivity contribution in [3.05, 3.63) is 107 Å². The lowest BCUT2D eigenvalue weighted by Gasteiger charge is -2.20. The maximum Gasteiger partial charge on any atom is 0.224 e. The first-order valence-electron chi connectivity index (χ1n) is 8.79. The van der Waals surface area contributed by atoms with Crippen LogP contribution in [0.2, 0.25) is 5.02 Å². The van der Waals surface area contributed by atoms with E-state index in [1.807, 2.05) is 66.7 Å². The number of ketones is 1.